The van der Waals surface area contributed by atoms with Crippen LogP contribution in [0.25, 0.3) is 0 Å². The molecule has 0 aliphatic carbocycles. The Morgan fingerprint density at radius 3 is 1.80 bits per heavy atom. The maximum atomic E-state index is 12.9. The van der Waals surface area contributed by atoms with E-state index in [0.717, 1.165) is 70.9 Å². The highest BCUT2D eigenvalue weighted by molar-refractivity contribution is 5.89. The van der Waals surface area contributed by atoms with Gasteiger partial charge in [-0.1, -0.05) is 38.0 Å². The van der Waals surface area contributed by atoms with Gasteiger partial charge in [-0.05, 0) is 78.8 Å². The number of hydrogen-bond donors (Lipinski definition) is 2. The molecule has 12 heteroatoms. The number of Topliss-reactive ketones (excluding diaryl/α,β-unsaturated/α-hetero) is 2. The Morgan fingerprint density at radius 1 is 0.820 bits per heavy atom. The van der Waals surface area contributed by atoms with Crippen molar-refractivity contribution in [3.8, 4) is 0 Å². The summed E-state index contributed by atoms with van der Waals surface area (Å²) in [5.41, 5.74) is -0.391. The van der Waals surface area contributed by atoms with Gasteiger partial charge in [-0.2, -0.15) is 0 Å². The predicted molar refractivity (Wildman–Crippen MR) is 191 cm³/mol. The second-order valence-corrected chi connectivity index (χ2v) is 16.5. The molecule has 0 bridgehead atoms. The van der Waals surface area contributed by atoms with Crippen LogP contribution in [0.1, 0.15) is 104 Å². The minimum Gasteiger partial charge on any atom is -0.395 e. The standard InChI is InChI=1S/C20H34N2O4.C18H30N2O4/c1-19(2,14-24-6)17-11-16(26-21-17)12-18(23)20(3,4)22(5)13-15-7-9-25-10-8-15;1-17(2,12-21)15-9-14(24-20-15)10-16(22)18(3,4)19-11-13-5-7-23-8-6-13/h11,15H,7-10,12-14H2,1-6H3;9,13,19,21H,5-8,10-12H2,1-4H3. The van der Waals surface area contributed by atoms with E-state index in [4.69, 9.17) is 23.3 Å². The van der Waals surface area contributed by atoms with Crippen molar-refractivity contribution in [1.29, 1.82) is 0 Å². The number of carbonyl (C=O) groups excluding carboxylic acids is 2. The molecule has 2 aliphatic rings. The van der Waals surface area contributed by atoms with Crippen molar-refractivity contribution < 1.29 is 38.0 Å². The number of likely N-dealkylation sites (N-methyl/N-ethyl adjacent to an activating group) is 1. The van der Waals surface area contributed by atoms with Crippen molar-refractivity contribution in [1.82, 2.24) is 20.5 Å². The number of aliphatic hydroxyl groups excluding tert-OH is 1. The first-order valence-corrected chi connectivity index (χ1v) is 18.1. The number of ether oxygens (including phenoxy) is 3. The molecule has 12 nitrogen and oxygen atoms in total. The zero-order valence-electron chi connectivity index (χ0n) is 32.4. The zero-order valence-corrected chi connectivity index (χ0v) is 32.4. The first-order chi connectivity index (χ1) is 23.4. The van der Waals surface area contributed by atoms with Gasteiger partial charge >= 0.3 is 0 Å². The molecule has 2 aromatic rings. The molecule has 2 saturated heterocycles. The Labute approximate surface area is 299 Å². The Hall–Kier alpha value is -2.48. The van der Waals surface area contributed by atoms with Gasteiger partial charge in [0.25, 0.3) is 0 Å². The molecule has 2 fully saturated rings. The molecule has 0 atom stereocenters. The van der Waals surface area contributed by atoms with Crippen molar-refractivity contribution in [3.63, 3.8) is 0 Å². The minimum atomic E-state index is -0.613. The number of aliphatic hydroxyl groups is 1. The van der Waals surface area contributed by atoms with Crippen LogP contribution in [-0.2, 0) is 47.5 Å². The van der Waals surface area contributed by atoms with Gasteiger partial charge in [0.05, 0.1) is 48.5 Å². The fraction of sp³-hybridized carbons (Fsp3) is 0.789. The molecule has 2 aliphatic heterocycles. The Balaban J connectivity index is 0.000000271. The summed E-state index contributed by atoms with van der Waals surface area (Å²) in [6.45, 7) is 21.2. The maximum absolute atomic E-state index is 12.9. The molecule has 0 spiro atoms. The number of carbonyl (C=O) groups is 2. The molecule has 0 aromatic carbocycles. The lowest BCUT2D eigenvalue weighted by molar-refractivity contribution is -0.129. The first kappa shape index (κ1) is 41.9. The van der Waals surface area contributed by atoms with Gasteiger partial charge in [-0.15, -0.1) is 0 Å². The summed E-state index contributed by atoms with van der Waals surface area (Å²) in [5.74, 6) is 2.51. The van der Waals surface area contributed by atoms with Gasteiger partial charge in [-0.25, -0.2) is 0 Å². The van der Waals surface area contributed by atoms with E-state index in [2.05, 4.69) is 20.5 Å². The molecular weight excluding hydrogens is 640 g/mol. The lowest BCUT2D eigenvalue weighted by Gasteiger charge is -2.37. The number of hydrogen-bond acceptors (Lipinski definition) is 12. The van der Waals surface area contributed by atoms with Crippen LogP contribution in [0.15, 0.2) is 21.2 Å². The SMILES string of the molecule is CC(C)(NCC1CCOCC1)C(=O)Cc1cc(C(C)(C)CO)no1.COCC(C)(C)c1cc(CC(=O)C(C)(C)N(C)CC2CCOCC2)on1. The number of aromatic nitrogens is 2. The van der Waals surface area contributed by atoms with E-state index in [1.54, 1.807) is 13.2 Å². The third-order valence-corrected chi connectivity index (χ3v) is 10.5. The van der Waals surface area contributed by atoms with E-state index in [9.17, 15) is 14.7 Å². The number of nitrogens with one attached hydrogen (secondary N) is 1. The molecular formula is C38H64N4O8. The molecule has 50 heavy (non-hydrogen) atoms. The average molecular weight is 705 g/mol. The third kappa shape index (κ3) is 12.1. The van der Waals surface area contributed by atoms with E-state index >= 15 is 0 Å². The highest BCUT2D eigenvalue weighted by atomic mass is 16.5. The van der Waals surface area contributed by atoms with E-state index in [0.29, 0.717) is 35.7 Å². The summed E-state index contributed by atoms with van der Waals surface area (Å²) in [6.07, 6.45) is 4.66. The van der Waals surface area contributed by atoms with Crippen LogP contribution < -0.4 is 5.32 Å². The molecule has 2 N–H and O–H groups in total. The van der Waals surface area contributed by atoms with Crippen LogP contribution >= 0.6 is 0 Å². The molecule has 4 heterocycles. The summed E-state index contributed by atoms with van der Waals surface area (Å²) >= 11 is 0. The average Bonchev–Trinajstić information content (AvgIpc) is 3.76. The Bertz CT molecular complexity index is 1340. The molecule has 0 unspecified atom stereocenters. The second kappa shape index (κ2) is 18.3. The molecule has 4 rings (SSSR count). The van der Waals surface area contributed by atoms with Crippen LogP contribution in [0.4, 0.5) is 0 Å². The summed E-state index contributed by atoms with van der Waals surface area (Å²) in [5, 5.41) is 20.9. The van der Waals surface area contributed by atoms with Crippen molar-refractivity contribution in [2.45, 2.75) is 116 Å². The summed E-state index contributed by atoms with van der Waals surface area (Å²) in [7, 11) is 3.70. The monoisotopic (exact) mass is 704 g/mol. The summed E-state index contributed by atoms with van der Waals surface area (Å²) < 4.78 is 26.8. The zero-order chi connectivity index (χ0) is 37.2. The van der Waals surface area contributed by atoms with Crippen LogP contribution in [0.5, 0.6) is 0 Å². The number of nitrogens with zero attached hydrogens (tertiary/aromatic N) is 3. The van der Waals surface area contributed by atoms with Gasteiger partial charge in [0.15, 0.2) is 11.6 Å². The minimum absolute atomic E-state index is 0.0227. The van der Waals surface area contributed by atoms with Gasteiger partial charge in [-0.3, -0.25) is 14.5 Å². The third-order valence-electron chi connectivity index (χ3n) is 10.5. The largest absolute Gasteiger partial charge is 0.395 e. The van der Waals surface area contributed by atoms with Gasteiger partial charge < -0.3 is 33.7 Å². The first-order valence-electron chi connectivity index (χ1n) is 18.1. The van der Waals surface area contributed by atoms with Crippen molar-refractivity contribution in [3.05, 3.63) is 35.0 Å². The predicted octanol–water partition coefficient (Wildman–Crippen LogP) is 4.70. The van der Waals surface area contributed by atoms with Crippen LogP contribution in [0.2, 0.25) is 0 Å². The van der Waals surface area contributed by atoms with Crippen molar-refractivity contribution in [2.75, 3.05) is 66.9 Å². The van der Waals surface area contributed by atoms with Crippen molar-refractivity contribution in [2.24, 2.45) is 11.8 Å². The van der Waals surface area contributed by atoms with E-state index in [1.807, 2.05) is 68.5 Å². The Kier molecular flexibility index (Phi) is 15.4. The van der Waals surface area contributed by atoms with Gasteiger partial charge in [0.2, 0.25) is 0 Å². The van der Waals surface area contributed by atoms with Gasteiger partial charge in [0.1, 0.15) is 11.5 Å². The molecule has 284 valence electrons. The van der Waals surface area contributed by atoms with Gasteiger partial charge in [0, 0.05) is 63.0 Å². The lowest BCUT2D eigenvalue weighted by atomic mass is 9.89. The fourth-order valence-corrected chi connectivity index (χ4v) is 5.91. The molecule has 0 radical (unpaired) electrons. The maximum Gasteiger partial charge on any atom is 0.160 e. The van der Waals surface area contributed by atoms with Crippen LogP contribution in [0, 0.1) is 11.8 Å². The molecule has 0 amide bonds. The van der Waals surface area contributed by atoms with E-state index in [-0.39, 0.29) is 36.4 Å². The van der Waals surface area contributed by atoms with Crippen molar-refractivity contribution >= 4 is 11.6 Å². The normalized spacial score (nSPS) is 17.1. The topological polar surface area (TPSA) is 149 Å². The van der Waals surface area contributed by atoms with E-state index < -0.39 is 16.5 Å². The number of methoxy groups -OCH3 is 1. The smallest absolute Gasteiger partial charge is 0.160 e. The second-order valence-electron chi connectivity index (χ2n) is 16.5. The number of ketones is 2. The quantitative estimate of drug-likeness (QED) is 0.235. The highest BCUT2D eigenvalue weighted by Gasteiger charge is 2.35. The van der Waals surface area contributed by atoms with Crippen LogP contribution in [0.3, 0.4) is 0 Å². The Morgan fingerprint density at radius 2 is 1.30 bits per heavy atom. The van der Waals surface area contributed by atoms with E-state index in [1.165, 1.54) is 0 Å². The molecule has 2 aromatic heterocycles. The summed E-state index contributed by atoms with van der Waals surface area (Å²) in [4.78, 5) is 27.7. The summed E-state index contributed by atoms with van der Waals surface area (Å²) in [6, 6.07) is 3.65. The number of rotatable bonds is 17. The molecule has 0 saturated carbocycles. The lowest BCUT2D eigenvalue weighted by Crippen LogP contribution is -2.50. The fourth-order valence-electron chi connectivity index (χ4n) is 5.91. The van der Waals surface area contributed by atoms with Crippen LogP contribution in [-0.4, -0.2) is 110 Å². The highest BCUT2D eigenvalue weighted by Crippen LogP contribution is 2.26.